The van der Waals surface area contributed by atoms with Gasteiger partial charge in [0, 0.05) is 12.0 Å². The van der Waals surface area contributed by atoms with Crippen molar-refractivity contribution in [3.63, 3.8) is 0 Å². The molecule has 0 fully saturated rings. The summed E-state index contributed by atoms with van der Waals surface area (Å²) in [6.07, 6.45) is 4.61. The maximum absolute atomic E-state index is 11.8. The third-order valence-corrected chi connectivity index (χ3v) is 5.30. The smallest absolute Gasteiger partial charge is 0.275 e. The van der Waals surface area contributed by atoms with Gasteiger partial charge in [-0.15, -0.1) is 0 Å². The predicted molar refractivity (Wildman–Crippen MR) is 99.3 cm³/mol. The monoisotopic (exact) mass is 416 g/mol. The fourth-order valence-electron chi connectivity index (χ4n) is 4.04. The highest BCUT2D eigenvalue weighted by Crippen LogP contribution is 2.38. The van der Waals surface area contributed by atoms with Crippen molar-refractivity contribution >= 4 is 11.5 Å². The van der Waals surface area contributed by atoms with E-state index in [1.54, 1.807) is 7.11 Å². The maximum atomic E-state index is 11.8. The number of amidine groups is 1. The summed E-state index contributed by atoms with van der Waals surface area (Å²) in [5.41, 5.74) is 0.903. The van der Waals surface area contributed by atoms with Gasteiger partial charge in [-0.2, -0.15) is 4.90 Å². The van der Waals surface area contributed by atoms with Crippen LogP contribution in [0.4, 0.5) is 5.69 Å². The predicted octanol–water partition coefficient (Wildman–Crippen LogP) is 0.349. The van der Waals surface area contributed by atoms with Crippen molar-refractivity contribution in [3.8, 4) is 5.75 Å². The van der Waals surface area contributed by atoms with Crippen molar-refractivity contribution in [2.75, 3.05) is 25.1 Å². The first-order chi connectivity index (χ1) is 12.2. The normalized spacial score (nSPS) is 22.5. The third kappa shape index (κ3) is 3.26. The van der Waals surface area contributed by atoms with Crippen LogP contribution in [0.5, 0.6) is 5.75 Å². The van der Waals surface area contributed by atoms with Crippen molar-refractivity contribution < 1.29 is 31.4 Å². The third-order valence-electron chi connectivity index (χ3n) is 5.30. The summed E-state index contributed by atoms with van der Waals surface area (Å²) >= 11 is 0. The molecule has 1 N–H and O–H groups in total. The van der Waals surface area contributed by atoms with Crippen LogP contribution < -0.4 is 26.6 Å². The average molecular weight is 417 g/mol. The first-order valence-corrected chi connectivity index (χ1v) is 9.05. The molecule has 0 radical (unpaired) electrons. The van der Waals surface area contributed by atoms with E-state index in [0.717, 1.165) is 30.0 Å². The van der Waals surface area contributed by atoms with Gasteiger partial charge in [0.25, 0.3) is 11.6 Å². The standard InChI is InChI=1S/C21H25N2O2.BrH/c1-25-19-13-11-18(12-14-19)23-20-10-6-3-7-15-22(20)16-21(23,24)17-8-4-2-5-9-17;/h2,4-5,8-9,11-14,24H,3,6-7,10,15-16H2,1H3;1H/q+1;/p-1. The van der Waals surface area contributed by atoms with Gasteiger partial charge in [-0.05, 0) is 43.5 Å². The van der Waals surface area contributed by atoms with Gasteiger partial charge in [-0.1, -0.05) is 30.3 Å². The van der Waals surface area contributed by atoms with Crippen LogP contribution in [0.3, 0.4) is 0 Å². The number of benzene rings is 2. The van der Waals surface area contributed by atoms with Crippen LogP contribution in [0.1, 0.15) is 31.2 Å². The van der Waals surface area contributed by atoms with Gasteiger partial charge in [-0.3, -0.25) is 4.58 Å². The number of methoxy groups -OCH3 is 1. The molecule has 26 heavy (non-hydrogen) atoms. The van der Waals surface area contributed by atoms with E-state index < -0.39 is 5.72 Å². The molecule has 4 rings (SSSR count). The quantitative estimate of drug-likeness (QED) is 0.733. The Bertz CT molecular complexity index is 776. The lowest BCUT2D eigenvalue weighted by Gasteiger charge is -2.29. The summed E-state index contributed by atoms with van der Waals surface area (Å²) in [4.78, 5) is 2.13. The molecule has 2 aliphatic heterocycles. The SMILES string of the molecule is COc1ccc(N2C3=[N+](CCCCC3)CC2(O)c2ccccc2)cc1.[Br-]. The molecular weight excluding hydrogens is 392 g/mol. The van der Waals surface area contributed by atoms with E-state index in [9.17, 15) is 5.11 Å². The number of anilines is 1. The summed E-state index contributed by atoms with van der Waals surface area (Å²) in [7, 11) is 1.67. The number of ether oxygens (including phenoxy) is 1. The second-order valence-electron chi connectivity index (χ2n) is 6.86. The van der Waals surface area contributed by atoms with Crippen LogP contribution in [0.15, 0.2) is 54.6 Å². The summed E-state index contributed by atoms with van der Waals surface area (Å²) in [6.45, 7) is 1.62. The Morgan fingerprint density at radius 1 is 1.00 bits per heavy atom. The zero-order valence-electron chi connectivity index (χ0n) is 15.1. The Kier molecular flexibility index (Phi) is 5.68. The topological polar surface area (TPSA) is 35.7 Å². The Labute approximate surface area is 165 Å². The van der Waals surface area contributed by atoms with Crippen molar-refractivity contribution in [2.45, 2.75) is 31.4 Å². The minimum atomic E-state index is -1.04. The number of aliphatic hydroxyl groups is 1. The largest absolute Gasteiger partial charge is 1.00 e. The summed E-state index contributed by atoms with van der Waals surface area (Å²) < 4.78 is 7.66. The summed E-state index contributed by atoms with van der Waals surface area (Å²) in [5, 5.41) is 11.8. The molecule has 138 valence electrons. The van der Waals surface area contributed by atoms with E-state index in [-0.39, 0.29) is 17.0 Å². The van der Waals surface area contributed by atoms with Gasteiger partial charge in [0.15, 0.2) is 6.54 Å². The fourth-order valence-corrected chi connectivity index (χ4v) is 4.04. The Morgan fingerprint density at radius 2 is 1.73 bits per heavy atom. The zero-order chi connectivity index (χ0) is 17.3. The molecule has 0 spiro atoms. The van der Waals surface area contributed by atoms with Crippen molar-refractivity contribution in [1.29, 1.82) is 0 Å². The van der Waals surface area contributed by atoms with E-state index >= 15 is 0 Å². The molecule has 2 aromatic rings. The highest BCUT2D eigenvalue weighted by atomic mass is 79.9. The Morgan fingerprint density at radius 3 is 2.42 bits per heavy atom. The summed E-state index contributed by atoms with van der Waals surface area (Å²) in [5.74, 6) is 2.06. The van der Waals surface area contributed by atoms with Gasteiger partial charge in [0.05, 0.1) is 13.7 Å². The molecule has 2 heterocycles. The molecule has 0 amide bonds. The average Bonchev–Trinajstić information content (AvgIpc) is 2.79. The lowest BCUT2D eigenvalue weighted by atomic mass is 10.00. The minimum Gasteiger partial charge on any atom is -1.00 e. The molecule has 2 aliphatic rings. The van der Waals surface area contributed by atoms with Gasteiger partial charge in [-0.25, -0.2) is 0 Å². The highest BCUT2D eigenvalue weighted by molar-refractivity contribution is 5.97. The molecule has 4 nitrogen and oxygen atoms in total. The lowest BCUT2D eigenvalue weighted by molar-refractivity contribution is -0.534. The van der Waals surface area contributed by atoms with Crippen molar-refractivity contribution in [3.05, 3.63) is 60.2 Å². The fraction of sp³-hybridized carbons (Fsp3) is 0.381. The van der Waals surface area contributed by atoms with Crippen molar-refractivity contribution in [1.82, 2.24) is 0 Å². The van der Waals surface area contributed by atoms with Crippen LogP contribution in [0.25, 0.3) is 0 Å². The second-order valence-corrected chi connectivity index (χ2v) is 6.86. The zero-order valence-corrected chi connectivity index (χ0v) is 16.7. The van der Waals surface area contributed by atoms with Gasteiger partial charge >= 0.3 is 0 Å². The molecular formula is C21H25BrN2O2. The van der Waals surface area contributed by atoms with E-state index in [0.29, 0.717) is 6.54 Å². The van der Waals surface area contributed by atoms with Gasteiger partial charge in [0.2, 0.25) is 0 Å². The molecule has 5 heteroatoms. The van der Waals surface area contributed by atoms with Crippen LogP contribution in [-0.2, 0) is 5.72 Å². The van der Waals surface area contributed by atoms with Crippen LogP contribution in [0.2, 0.25) is 0 Å². The molecule has 0 aromatic heterocycles. The summed E-state index contributed by atoms with van der Waals surface area (Å²) in [6, 6.07) is 18.0. The van der Waals surface area contributed by atoms with Crippen molar-refractivity contribution in [2.24, 2.45) is 0 Å². The van der Waals surface area contributed by atoms with Gasteiger partial charge in [0.1, 0.15) is 11.4 Å². The molecule has 0 saturated carbocycles. The number of nitrogens with zero attached hydrogens (tertiary/aromatic N) is 2. The molecule has 1 unspecified atom stereocenters. The number of halogens is 1. The first-order valence-electron chi connectivity index (χ1n) is 9.05. The molecule has 0 aliphatic carbocycles. The first kappa shape index (κ1) is 18.9. The van der Waals surface area contributed by atoms with E-state index in [1.807, 2.05) is 54.6 Å². The highest BCUT2D eigenvalue weighted by Gasteiger charge is 2.53. The molecule has 0 bridgehead atoms. The molecule has 1 atom stereocenters. The van der Waals surface area contributed by atoms with Crippen LogP contribution >= 0.6 is 0 Å². The van der Waals surface area contributed by atoms with E-state index in [4.69, 9.17) is 4.74 Å². The van der Waals surface area contributed by atoms with E-state index in [1.165, 1.54) is 25.1 Å². The Balaban J connectivity index is 0.00000196. The van der Waals surface area contributed by atoms with E-state index in [2.05, 4.69) is 9.48 Å². The minimum absolute atomic E-state index is 0. The number of hydrogen-bond donors (Lipinski definition) is 1. The molecule has 2 aromatic carbocycles. The number of hydrogen-bond acceptors (Lipinski definition) is 3. The number of rotatable bonds is 3. The van der Waals surface area contributed by atoms with Crippen LogP contribution in [-0.4, -0.2) is 35.7 Å². The Hall–Kier alpha value is -1.85. The molecule has 0 saturated heterocycles. The van der Waals surface area contributed by atoms with Gasteiger partial charge < -0.3 is 26.8 Å². The van der Waals surface area contributed by atoms with Crippen LogP contribution in [0, 0.1) is 0 Å². The second kappa shape index (κ2) is 7.80. The maximum Gasteiger partial charge on any atom is 0.275 e. The lowest BCUT2D eigenvalue weighted by Crippen LogP contribution is -3.00.